The first-order valence-corrected chi connectivity index (χ1v) is 8.53. The zero-order valence-electron chi connectivity index (χ0n) is 15.1. The molecule has 0 saturated heterocycles. The van der Waals surface area contributed by atoms with Crippen molar-refractivity contribution < 1.29 is 9.90 Å². The first-order valence-electron chi connectivity index (χ1n) is 8.53. The molecular formula is C20H20N4O3. The van der Waals surface area contributed by atoms with Gasteiger partial charge in [-0.25, -0.2) is 0 Å². The van der Waals surface area contributed by atoms with Crippen LogP contribution in [0.3, 0.4) is 0 Å². The third-order valence-corrected chi connectivity index (χ3v) is 4.05. The molecule has 27 heavy (non-hydrogen) atoms. The number of aliphatic hydroxyl groups is 1. The standard InChI is InChI=1S/C20H20N4O3/c1-13-5-7-15(8-6-13)18-10-17(19(26)22-14(2)12-25)20(27)24(23-18)16-4-3-9-21-11-16/h3-11,14,25H,12H2,1-2H3,(H,22,26). The molecule has 0 aliphatic rings. The van der Waals surface area contributed by atoms with Crippen molar-refractivity contribution in [2.24, 2.45) is 0 Å². The maximum atomic E-state index is 12.9. The van der Waals surface area contributed by atoms with Crippen LogP contribution in [0, 0.1) is 6.92 Å². The van der Waals surface area contributed by atoms with Crippen molar-refractivity contribution in [2.45, 2.75) is 19.9 Å². The summed E-state index contributed by atoms with van der Waals surface area (Å²) in [7, 11) is 0. The molecule has 1 atom stereocenters. The van der Waals surface area contributed by atoms with Crippen molar-refractivity contribution in [2.75, 3.05) is 6.61 Å². The first kappa shape index (κ1) is 18.5. The fourth-order valence-corrected chi connectivity index (χ4v) is 2.52. The number of hydrogen-bond donors (Lipinski definition) is 2. The maximum absolute atomic E-state index is 12.9. The maximum Gasteiger partial charge on any atom is 0.284 e. The molecule has 1 aromatic carbocycles. The number of rotatable bonds is 5. The molecular weight excluding hydrogens is 344 g/mol. The van der Waals surface area contributed by atoms with Crippen LogP contribution in [-0.4, -0.2) is 38.4 Å². The van der Waals surface area contributed by atoms with E-state index < -0.39 is 17.5 Å². The van der Waals surface area contributed by atoms with Gasteiger partial charge in [0.25, 0.3) is 11.5 Å². The number of nitrogens with one attached hydrogen (secondary N) is 1. The predicted molar refractivity (Wildman–Crippen MR) is 102 cm³/mol. The lowest BCUT2D eigenvalue weighted by Crippen LogP contribution is -2.39. The van der Waals surface area contributed by atoms with Crippen molar-refractivity contribution in [1.82, 2.24) is 20.1 Å². The Labute approximate surface area is 156 Å². The number of aliphatic hydroxyl groups excluding tert-OH is 1. The van der Waals surface area contributed by atoms with E-state index in [0.717, 1.165) is 11.1 Å². The lowest BCUT2D eigenvalue weighted by Gasteiger charge is -2.13. The van der Waals surface area contributed by atoms with Gasteiger partial charge in [-0.05, 0) is 32.0 Å². The highest BCUT2D eigenvalue weighted by atomic mass is 16.3. The van der Waals surface area contributed by atoms with Gasteiger partial charge < -0.3 is 10.4 Å². The van der Waals surface area contributed by atoms with E-state index in [1.165, 1.54) is 16.9 Å². The molecule has 2 aromatic heterocycles. The minimum Gasteiger partial charge on any atom is -0.394 e. The Hall–Kier alpha value is -3.32. The molecule has 2 heterocycles. The molecule has 0 aliphatic carbocycles. The second-order valence-electron chi connectivity index (χ2n) is 6.29. The summed E-state index contributed by atoms with van der Waals surface area (Å²) in [5.41, 5.74) is 2.21. The Kier molecular flexibility index (Phi) is 5.42. The van der Waals surface area contributed by atoms with Gasteiger partial charge in [-0.3, -0.25) is 14.6 Å². The number of nitrogens with zero attached hydrogens (tertiary/aromatic N) is 3. The van der Waals surface area contributed by atoms with Gasteiger partial charge in [0.1, 0.15) is 5.56 Å². The smallest absolute Gasteiger partial charge is 0.284 e. The molecule has 0 fully saturated rings. The van der Waals surface area contributed by atoms with Gasteiger partial charge in [0.05, 0.1) is 24.2 Å². The molecule has 1 amide bonds. The second-order valence-corrected chi connectivity index (χ2v) is 6.29. The van der Waals surface area contributed by atoms with Crippen LogP contribution >= 0.6 is 0 Å². The summed E-state index contributed by atoms with van der Waals surface area (Å²) < 4.78 is 1.17. The van der Waals surface area contributed by atoms with Crippen LogP contribution in [0.15, 0.2) is 59.7 Å². The number of hydrogen-bond acceptors (Lipinski definition) is 5. The third kappa shape index (κ3) is 4.09. The molecule has 0 spiro atoms. The largest absolute Gasteiger partial charge is 0.394 e. The molecule has 0 aliphatic heterocycles. The summed E-state index contributed by atoms with van der Waals surface area (Å²) in [6.07, 6.45) is 3.10. The lowest BCUT2D eigenvalue weighted by molar-refractivity contribution is 0.0920. The molecule has 7 nitrogen and oxygen atoms in total. The van der Waals surface area contributed by atoms with Crippen LogP contribution < -0.4 is 10.9 Å². The van der Waals surface area contributed by atoms with Crippen molar-refractivity contribution in [1.29, 1.82) is 0 Å². The molecule has 3 rings (SSSR count). The highest BCUT2D eigenvalue weighted by Gasteiger charge is 2.18. The number of pyridine rings is 1. The minimum atomic E-state index is -0.560. The van der Waals surface area contributed by atoms with Crippen LogP contribution in [0.25, 0.3) is 16.9 Å². The molecule has 1 unspecified atom stereocenters. The Morgan fingerprint density at radius 1 is 1.26 bits per heavy atom. The first-order chi connectivity index (χ1) is 13.0. The van der Waals surface area contributed by atoms with Gasteiger partial charge in [-0.1, -0.05) is 29.8 Å². The second kappa shape index (κ2) is 7.92. The summed E-state index contributed by atoms with van der Waals surface area (Å²) in [5, 5.41) is 16.2. The fraction of sp³-hybridized carbons (Fsp3) is 0.200. The van der Waals surface area contributed by atoms with E-state index in [9.17, 15) is 14.7 Å². The van der Waals surface area contributed by atoms with E-state index in [1.807, 2.05) is 31.2 Å². The summed E-state index contributed by atoms with van der Waals surface area (Å²) in [6, 6.07) is 12.0. The van der Waals surface area contributed by atoms with Gasteiger partial charge in [-0.2, -0.15) is 9.78 Å². The minimum absolute atomic E-state index is 0.0512. The van der Waals surface area contributed by atoms with Crippen molar-refractivity contribution in [3.8, 4) is 16.9 Å². The van der Waals surface area contributed by atoms with Crippen LogP contribution in [-0.2, 0) is 0 Å². The van der Waals surface area contributed by atoms with Gasteiger partial charge in [-0.15, -0.1) is 0 Å². The molecule has 2 N–H and O–H groups in total. The fourth-order valence-electron chi connectivity index (χ4n) is 2.52. The Morgan fingerprint density at radius 2 is 2.00 bits per heavy atom. The Morgan fingerprint density at radius 3 is 2.63 bits per heavy atom. The summed E-state index contributed by atoms with van der Waals surface area (Å²) in [5.74, 6) is -0.560. The normalized spacial score (nSPS) is 11.8. The number of carbonyl (C=O) groups excluding carboxylic acids is 1. The van der Waals surface area contributed by atoms with Crippen LogP contribution in [0.1, 0.15) is 22.8 Å². The zero-order chi connectivity index (χ0) is 19.4. The Bertz CT molecular complexity index is 998. The average Bonchev–Trinajstić information content (AvgIpc) is 2.69. The molecule has 0 bridgehead atoms. The molecule has 3 aromatic rings. The number of aryl methyl sites for hydroxylation is 1. The van der Waals surface area contributed by atoms with E-state index in [2.05, 4.69) is 15.4 Å². The summed E-state index contributed by atoms with van der Waals surface area (Å²) in [4.78, 5) is 29.5. The summed E-state index contributed by atoms with van der Waals surface area (Å²) >= 11 is 0. The summed E-state index contributed by atoms with van der Waals surface area (Å²) in [6.45, 7) is 3.40. The topological polar surface area (TPSA) is 97.1 Å². The van der Waals surface area contributed by atoms with E-state index in [1.54, 1.807) is 25.3 Å². The number of carbonyl (C=O) groups is 1. The van der Waals surface area contributed by atoms with Crippen LogP contribution in [0.2, 0.25) is 0 Å². The number of aromatic nitrogens is 3. The van der Waals surface area contributed by atoms with Gasteiger partial charge in [0.2, 0.25) is 0 Å². The molecule has 0 radical (unpaired) electrons. The van der Waals surface area contributed by atoms with E-state index in [-0.39, 0.29) is 12.2 Å². The Balaban J connectivity index is 2.17. The predicted octanol–water partition coefficient (Wildman–Crippen LogP) is 1.71. The molecule has 0 saturated carbocycles. The van der Waals surface area contributed by atoms with E-state index in [4.69, 9.17) is 0 Å². The number of benzene rings is 1. The van der Waals surface area contributed by atoms with Gasteiger partial charge >= 0.3 is 0 Å². The molecule has 7 heteroatoms. The number of amides is 1. The highest BCUT2D eigenvalue weighted by Crippen LogP contribution is 2.18. The van der Waals surface area contributed by atoms with E-state index >= 15 is 0 Å². The monoisotopic (exact) mass is 364 g/mol. The van der Waals surface area contributed by atoms with Crippen molar-refractivity contribution in [3.63, 3.8) is 0 Å². The lowest BCUT2D eigenvalue weighted by atomic mass is 10.1. The van der Waals surface area contributed by atoms with Gasteiger partial charge in [0, 0.05) is 17.8 Å². The molecule has 138 valence electrons. The zero-order valence-corrected chi connectivity index (χ0v) is 15.1. The quantitative estimate of drug-likeness (QED) is 0.718. The van der Waals surface area contributed by atoms with Crippen molar-refractivity contribution in [3.05, 3.63) is 76.3 Å². The average molecular weight is 364 g/mol. The van der Waals surface area contributed by atoms with Gasteiger partial charge in [0.15, 0.2) is 0 Å². The van der Waals surface area contributed by atoms with Crippen molar-refractivity contribution >= 4 is 5.91 Å². The van der Waals surface area contributed by atoms with Crippen LogP contribution in [0.4, 0.5) is 0 Å². The third-order valence-electron chi connectivity index (χ3n) is 4.05. The SMILES string of the molecule is Cc1ccc(-c2cc(C(=O)NC(C)CO)c(=O)n(-c3cccnc3)n2)cc1. The van der Waals surface area contributed by atoms with Crippen LogP contribution in [0.5, 0.6) is 0 Å². The van der Waals surface area contributed by atoms with E-state index in [0.29, 0.717) is 11.4 Å². The highest BCUT2D eigenvalue weighted by molar-refractivity contribution is 5.95.